The number of hydrogen-bond acceptors (Lipinski definition) is 3. The summed E-state index contributed by atoms with van der Waals surface area (Å²) in [4.78, 5) is 6.34. The first-order chi connectivity index (χ1) is 8.20. The Hall–Kier alpha value is -2.34. The summed E-state index contributed by atoms with van der Waals surface area (Å²) in [6.07, 6.45) is 1.84. The molecule has 0 fully saturated rings. The van der Waals surface area contributed by atoms with Crippen molar-refractivity contribution in [1.29, 1.82) is 5.26 Å². The topological polar surface area (TPSA) is 39.9 Å². The summed E-state index contributed by atoms with van der Waals surface area (Å²) in [6.45, 7) is 2.01. The lowest BCUT2D eigenvalue weighted by molar-refractivity contribution is 1.12. The summed E-state index contributed by atoms with van der Waals surface area (Å²) in [5.41, 5.74) is 2.82. The van der Waals surface area contributed by atoms with Gasteiger partial charge in [-0.15, -0.1) is 0 Å². The molecule has 3 nitrogen and oxygen atoms in total. The van der Waals surface area contributed by atoms with Gasteiger partial charge in [-0.25, -0.2) is 4.98 Å². The predicted octanol–water partition coefficient (Wildman–Crippen LogP) is 3.03. The third kappa shape index (κ3) is 2.43. The summed E-state index contributed by atoms with van der Waals surface area (Å²) in [5.74, 6) is 0.889. The van der Waals surface area contributed by atoms with Gasteiger partial charge >= 0.3 is 0 Å². The predicted molar refractivity (Wildman–Crippen MR) is 68.2 cm³/mol. The quantitative estimate of drug-likeness (QED) is 0.785. The largest absolute Gasteiger partial charge is 0.329 e. The SMILES string of the molecule is Cc1ccc(N(C)c2ccc(C#N)cc2)nc1. The average molecular weight is 223 g/mol. The van der Waals surface area contributed by atoms with Crippen LogP contribution in [-0.2, 0) is 0 Å². The van der Waals surface area contributed by atoms with Crippen molar-refractivity contribution in [2.75, 3.05) is 11.9 Å². The molecule has 1 aromatic heterocycles. The van der Waals surface area contributed by atoms with Gasteiger partial charge in [0.1, 0.15) is 5.82 Å². The van der Waals surface area contributed by atoms with E-state index in [9.17, 15) is 0 Å². The van der Waals surface area contributed by atoms with E-state index in [1.165, 1.54) is 0 Å². The molecule has 0 aliphatic heterocycles. The van der Waals surface area contributed by atoms with Crippen LogP contribution in [0.15, 0.2) is 42.6 Å². The summed E-state index contributed by atoms with van der Waals surface area (Å²) in [7, 11) is 1.96. The van der Waals surface area contributed by atoms with Crippen molar-refractivity contribution in [1.82, 2.24) is 4.98 Å². The standard InChI is InChI=1S/C14H13N3/c1-11-3-8-14(16-10-11)17(2)13-6-4-12(9-15)5-7-13/h3-8,10H,1-2H3. The Balaban J connectivity index is 2.27. The lowest BCUT2D eigenvalue weighted by atomic mass is 10.2. The fourth-order valence-electron chi connectivity index (χ4n) is 1.55. The van der Waals surface area contributed by atoms with E-state index in [0.717, 1.165) is 17.1 Å². The molecule has 2 rings (SSSR count). The smallest absolute Gasteiger partial charge is 0.132 e. The lowest BCUT2D eigenvalue weighted by Gasteiger charge is -2.18. The Bertz CT molecular complexity index is 535. The Labute approximate surface area is 101 Å². The molecule has 0 unspecified atom stereocenters. The van der Waals surface area contributed by atoms with E-state index in [1.807, 2.05) is 49.3 Å². The molecule has 0 bridgehead atoms. The first-order valence-corrected chi connectivity index (χ1v) is 5.37. The highest BCUT2D eigenvalue weighted by Crippen LogP contribution is 2.21. The molecule has 0 aliphatic rings. The summed E-state index contributed by atoms with van der Waals surface area (Å²) in [5, 5.41) is 8.74. The van der Waals surface area contributed by atoms with Crippen LogP contribution in [0.1, 0.15) is 11.1 Å². The molecule has 1 heterocycles. The molecule has 2 aromatic rings. The number of aromatic nitrogens is 1. The third-order valence-electron chi connectivity index (χ3n) is 2.62. The maximum absolute atomic E-state index is 8.74. The second-order valence-corrected chi connectivity index (χ2v) is 3.91. The van der Waals surface area contributed by atoms with Crippen molar-refractivity contribution in [3.05, 3.63) is 53.7 Å². The second-order valence-electron chi connectivity index (χ2n) is 3.91. The molecular formula is C14H13N3. The van der Waals surface area contributed by atoms with Gasteiger partial charge in [0, 0.05) is 18.9 Å². The minimum absolute atomic E-state index is 0.666. The Morgan fingerprint density at radius 2 is 1.82 bits per heavy atom. The van der Waals surface area contributed by atoms with E-state index >= 15 is 0 Å². The fraction of sp³-hybridized carbons (Fsp3) is 0.143. The van der Waals surface area contributed by atoms with Gasteiger partial charge in [0.2, 0.25) is 0 Å². The first kappa shape index (κ1) is 11.2. The van der Waals surface area contributed by atoms with E-state index in [2.05, 4.69) is 11.1 Å². The maximum atomic E-state index is 8.74. The van der Waals surface area contributed by atoms with Crippen LogP contribution in [0.3, 0.4) is 0 Å². The molecule has 0 saturated heterocycles. The van der Waals surface area contributed by atoms with Crippen LogP contribution in [0.2, 0.25) is 0 Å². The highest BCUT2D eigenvalue weighted by molar-refractivity contribution is 5.60. The number of anilines is 2. The van der Waals surface area contributed by atoms with Crippen molar-refractivity contribution in [3.8, 4) is 6.07 Å². The average Bonchev–Trinajstić information content (AvgIpc) is 2.39. The van der Waals surface area contributed by atoms with Gasteiger partial charge < -0.3 is 4.90 Å². The van der Waals surface area contributed by atoms with Gasteiger partial charge in [0.25, 0.3) is 0 Å². The van der Waals surface area contributed by atoms with Crippen LogP contribution in [0, 0.1) is 18.3 Å². The lowest BCUT2D eigenvalue weighted by Crippen LogP contribution is -2.10. The van der Waals surface area contributed by atoms with Crippen molar-refractivity contribution in [2.24, 2.45) is 0 Å². The minimum Gasteiger partial charge on any atom is -0.329 e. The fourth-order valence-corrected chi connectivity index (χ4v) is 1.55. The monoisotopic (exact) mass is 223 g/mol. The van der Waals surface area contributed by atoms with Crippen molar-refractivity contribution in [2.45, 2.75) is 6.92 Å². The van der Waals surface area contributed by atoms with Gasteiger partial charge in [-0.05, 0) is 42.8 Å². The molecule has 3 heteroatoms. The molecule has 0 aliphatic carbocycles. The van der Waals surface area contributed by atoms with Crippen LogP contribution in [0.25, 0.3) is 0 Å². The minimum atomic E-state index is 0.666. The number of rotatable bonds is 2. The molecular weight excluding hydrogens is 210 g/mol. The number of nitriles is 1. The molecule has 84 valence electrons. The molecule has 1 aromatic carbocycles. The van der Waals surface area contributed by atoms with Crippen LogP contribution < -0.4 is 4.90 Å². The first-order valence-electron chi connectivity index (χ1n) is 5.37. The van der Waals surface area contributed by atoms with E-state index < -0.39 is 0 Å². The van der Waals surface area contributed by atoms with Gasteiger partial charge in [0.05, 0.1) is 11.6 Å². The van der Waals surface area contributed by atoms with Crippen LogP contribution >= 0.6 is 0 Å². The Kier molecular flexibility index (Phi) is 3.06. The van der Waals surface area contributed by atoms with Crippen LogP contribution in [0.5, 0.6) is 0 Å². The Morgan fingerprint density at radius 3 is 2.35 bits per heavy atom. The normalized spacial score (nSPS) is 9.71. The third-order valence-corrected chi connectivity index (χ3v) is 2.62. The van der Waals surface area contributed by atoms with Gasteiger partial charge in [0.15, 0.2) is 0 Å². The molecule has 0 atom stereocenters. The van der Waals surface area contributed by atoms with Gasteiger partial charge in [-0.2, -0.15) is 5.26 Å². The summed E-state index contributed by atoms with van der Waals surface area (Å²) < 4.78 is 0. The van der Waals surface area contributed by atoms with Crippen molar-refractivity contribution >= 4 is 11.5 Å². The van der Waals surface area contributed by atoms with E-state index in [0.29, 0.717) is 5.56 Å². The second kappa shape index (κ2) is 4.67. The van der Waals surface area contributed by atoms with Crippen molar-refractivity contribution < 1.29 is 0 Å². The number of pyridine rings is 1. The zero-order chi connectivity index (χ0) is 12.3. The molecule has 0 saturated carbocycles. The van der Waals surface area contributed by atoms with Gasteiger partial charge in [-0.1, -0.05) is 6.07 Å². The molecule has 0 amide bonds. The van der Waals surface area contributed by atoms with Crippen LogP contribution in [0.4, 0.5) is 11.5 Å². The maximum Gasteiger partial charge on any atom is 0.132 e. The molecule has 0 N–H and O–H groups in total. The highest BCUT2D eigenvalue weighted by atomic mass is 15.2. The highest BCUT2D eigenvalue weighted by Gasteiger charge is 2.04. The molecule has 0 radical (unpaired) electrons. The van der Waals surface area contributed by atoms with Crippen molar-refractivity contribution in [3.63, 3.8) is 0 Å². The number of aryl methyl sites for hydroxylation is 1. The Morgan fingerprint density at radius 1 is 1.12 bits per heavy atom. The van der Waals surface area contributed by atoms with Gasteiger partial charge in [-0.3, -0.25) is 0 Å². The van der Waals surface area contributed by atoms with E-state index in [1.54, 1.807) is 12.1 Å². The molecule has 0 spiro atoms. The summed E-state index contributed by atoms with van der Waals surface area (Å²) in [6, 6.07) is 13.6. The zero-order valence-electron chi connectivity index (χ0n) is 9.88. The zero-order valence-corrected chi connectivity index (χ0v) is 9.88. The number of nitrogens with zero attached hydrogens (tertiary/aromatic N) is 3. The van der Waals surface area contributed by atoms with Crippen LogP contribution in [-0.4, -0.2) is 12.0 Å². The molecule has 17 heavy (non-hydrogen) atoms. The summed E-state index contributed by atoms with van der Waals surface area (Å²) >= 11 is 0. The number of benzene rings is 1. The van der Waals surface area contributed by atoms with E-state index in [-0.39, 0.29) is 0 Å². The number of hydrogen-bond donors (Lipinski definition) is 0. The van der Waals surface area contributed by atoms with E-state index in [4.69, 9.17) is 5.26 Å².